The van der Waals surface area contributed by atoms with E-state index in [4.69, 9.17) is 4.74 Å². The van der Waals surface area contributed by atoms with Crippen molar-refractivity contribution in [1.82, 2.24) is 4.57 Å². The summed E-state index contributed by atoms with van der Waals surface area (Å²) in [6.45, 7) is 3.11. The average Bonchev–Trinajstić information content (AvgIpc) is 3.40. The molecule has 2 saturated heterocycles. The summed E-state index contributed by atoms with van der Waals surface area (Å²) in [7, 11) is -3.07. The van der Waals surface area contributed by atoms with Crippen molar-refractivity contribution in [1.29, 1.82) is 0 Å². The van der Waals surface area contributed by atoms with Crippen molar-refractivity contribution in [2.75, 3.05) is 23.0 Å². The standard InChI is InChI=1S/C23H24N2O7S/c1-14-11-19(15(2)24(14)18-9-10-33(30,31)13-18)20(26)12-32-23(29)16-3-5-17(6-4-16)25-21(27)7-8-22(25)28/h3-6,11,18H,7-10,12-13H2,1-2H3. The van der Waals surface area contributed by atoms with E-state index in [1.807, 2.05) is 11.5 Å². The summed E-state index contributed by atoms with van der Waals surface area (Å²) in [6.07, 6.45) is 0.843. The summed E-state index contributed by atoms with van der Waals surface area (Å²) in [6, 6.07) is 7.34. The minimum absolute atomic E-state index is 0.0522. The Morgan fingerprint density at radius 1 is 1.06 bits per heavy atom. The Morgan fingerprint density at radius 2 is 1.70 bits per heavy atom. The number of benzene rings is 1. The Morgan fingerprint density at radius 3 is 2.27 bits per heavy atom. The second-order valence-corrected chi connectivity index (χ2v) is 10.6. The number of esters is 1. The normalized spacial score (nSPS) is 19.8. The number of aromatic nitrogens is 1. The van der Waals surface area contributed by atoms with Crippen LogP contribution in [0.3, 0.4) is 0 Å². The number of rotatable bonds is 6. The van der Waals surface area contributed by atoms with Crippen LogP contribution < -0.4 is 4.90 Å². The number of ketones is 1. The first-order valence-corrected chi connectivity index (χ1v) is 12.4. The quantitative estimate of drug-likeness (QED) is 0.359. The molecule has 2 fully saturated rings. The summed E-state index contributed by atoms with van der Waals surface area (Å²) >= 11 is 0. The van der Waals surface area contributed by atoms with Crippen LogP contribution in [-0.2, 0) is 24.2 Å². The van der Waals surface area contributed by atoms with E-state index >= 15 is 0 Å². The number of carbonyl (C=O) groups excluding carboxylic acids is 4. The van der Waals surface area contributed by atoms with Gasteiger partial charge in [-0.2, -0.15) is 0 Å². The molecule has 1 atom stereocenters. The molecule has 4 rings (SSSR count). The highest BCUT2D eigenvalue weighted by atomic mass is 32.2. The Hall–Kier alpha value is -3.27. The lowest BCUT2D eigenvalue weighted by molar-refractivity contribution is -0.121. The van der Waals surface area contributed by atoms with Gasteiger partial charge in [0.2, 0.25) is 17.6 Å². The summed E-state index contributed by atoms with van der Waals surface area (Å²) in [5.41, 5.74) is 2.40. The van der Waals surface area contributed by atoms with E-state index in [9.17, 15) is 27.6 Å². The number of anilines is 1. The highest BCUT2D eigenvalue weighted by Gasteiger charge is 2.32. The van der Waals surface area contributed by atoms with Gasteiger partial charge in [-0.25, -0.2) is 13.2 Å². The number of carbonyl (C=O) groups is 4. The van der Waals surface area contributed by atoms with E-state index in [1.54, 1.807) is 13.0 Å². The lowest BCUT2D eigenvalue weighted by Gasteiger charge is -2.16. The Kier molecular flexibility index (Phi) is 5.96. The lowest BCUT2D eigenvalue weighted by Crippen LogP contribution is -2.28. The average molecular weight is 473 g/mol. The molecule has 10 heteroatoms. The van der Waals surface area contributed by atoms with Crippen LogP contribution in [0, 0.1) is 13.8 Å². The first-order valence-electron chi connectivity index (χ1n) is 10.6. The fourth-order valence-corrected chi connectivity index (χ4v) is 6.20. The van der Waals surface area contributed by atoms with Crippen molar-refractivity contribution in [3.05, 3.63) is 52.8 Å². The lowest BCUT2D eigenvalue weighted by atomic mass is 10.1. The van der Waals surface area contributed by atoms with Crippen molar-refractivity contribution < 1.29 is 32.3 Å². The molecule has 0 aliphatic carbocycles. The molecule has 174 valence electrons. The number of hydrogen-bond acceptors (Lipinski definition) is 7. The van der Waals surface area contributed by atoms with Gasteiger partial charge in [0.1, 0.15) is 0 Å². The molecule has 0 saturated carbocycles. The third kappa shape index (κ3) is 4.47. The van der Waals surface area contributed by atoms with Crippen LogP contribution in [0.1, 0.15) is 57.4 Å². The Bertz CT molecular complexity index is 1240. The predicted molar refractivity (Wildman–Crippen MR) is 119 cm³/mol. The van der Waals surface area contributed by atoms with E-state index in [0.717, 1.165) is 10.6 Å². The molecule has 0 bridgehead atoms. The SMILES string of the molecule is Cc1cc(C(=O)COC(=O)c2ccc(N3C(=O)CCC3=O)cc2)c(C)n1C1CCS(=O)(=O)C1. The van der Waals surface area contributed by atoms with Gasteiger partial charge in [0.05, 0.1) is 22.8 Å². The zero-order valence-corrected chi connectivity index (χ0v) is 19.2. The molecule has 0 N–H and O–H groups in total. The van der Waals surface area contributed by atoms with Crippen LogP contribution in [-0.4, -0.2) is 54.7 Å². The van der Waals surface area contributed by atoms with Crippen molar-refractivity contribution in [2.24, 2.45) is 0 Å². The van der Waals surface area contributed by atoms with Crippen molar-refractivity contribution >= 4 is 39.1 Å². The molecule has 2 aliphatic heterocycles. The van der Waals surface area contributed by atoms with Gasteiger partial charge < -0.3 is 9.30 Å². The van der Waals surface area contributed by atoms with E-state index < -0.39 is 22.4 Å². The van der Waals surface area contributed by atoms with E-state index in [2.05, 4.69) is 0 Å². The van der Waals surface area contributed by atoms with Gasteiger partial charge in [-0.1, -0.05) is 0 Å². The minimum Gasteiger partial charge on any atom is -0.454 e. The van der Waals surface area contributed by atoms with Gasteiger partial charge in [0, 0.05) is 35.8 Å². The van der Waals surface area contributed by atoms with E-state index in [-0.39, 0.29) is 53.6 Å². The van der Waals surface area contributed by atoms with Gasteiger partial charge >= 0.3 is 5.97 Å². The van der Waals surface area contributed by atoms with Crippen LogP contribution >= 0.6 is 0 Å². The number of imide groups is 1. The molecule has 2 aliphatic rings. The number of amides is 2. The molecule has 2 aromatic rings. The highest BCUT2D eigenvalue weighted by molar-refractivity contribution is 7.91. The van der Waals surface area contributed by atoms with Gasteiger partial charge in [0.15, 0.2) is 16.4 Å². The fraction of sp³-hybridized carbons (Fsp3) is 0.391. The molecule has 33 heavy (non-hydrogen) atoms. The minimum atomic E-state index is -3.07. The van der Waals surface area contributed by atoms with Crippen LogP contribution in [0.25, 0.3) is 0 Å². The van der Waals surface area contributed by atoms with Crippen molar-refractivity contribution in [2.45, 2.75) is 39.2 Å². The zero-order chi connectivity index (χ0) is 23.9. The second-order valence-electron chi connectivity index (χ2n) is 8.38. The number of sulfone groups is 1. The first kappa shape index (κ1) is 22.9. The number of Topliss-reactive ketones (excluding diaryl/α,β-unsaturated/α-hetero) is 1. The van der Waals surface area contributed by atoms with Crippen LogP contribution in [0.2, 0.25) is 0 Å². The number of aryl methyl sites for hydroxylation is 1. The second kappa shape index (κ2) is 8.58. The van der Waals surface area contributed by atoms with Crippen LogP contribution in [0.15, 0.2) is 30.3 Å². The summed E-state index contributed by atoms with van der Waals surface area (Å²) in [5, 5.41) is 0. The van der Waals surface area contributed by atoms with Gasteiger partial charge in [-0.05, 0) is 50.6 Å². The molecule has 1 aromatic heterocycles. The smallest absolute Gasteiger partial charge is 0.338 e. The topological polar surface area (TPSA) is 120 Å². The van der Waals surface area contributed by atoms with Crippen molar-refractivity contribution in [3.8, 4) is 0 Å². The first-order chi connectivity index (χ1) is 15.6. The molecular formula is C23H24N2O7S. The largest absolute Gasteiger partial charge is 0.454 e. The third-order valence-corrected chi connectivity index (χ3v) is 7.86. The maximum absolute atomic E-state index is 12.7. The summed E-state index contributed by atoms with van der Waals surface area (Å²) < 4.78 is 30.7. The Labute approximate surface area is 191 Å². The molecule has 1 aromatic carbocycles. The number of nitrogens with zero attached hydrogens (tertiary/aromatic N) is 2. The van der Waals surface area contributed by atoms with Crippen LogP contribution in [0.5, 0.6) is 0 Å². The number of hydrogen-bond donors (Lipinski definition) is 0. The van der Waals surface area contributed by atoms with E-state index in [1.165, 1.54) is 24.3 Å². The molecule has 2 amide bonds. The summed E-state index contributed by atoms with van der Waals surface area (Å²) in [4.78, 5) is 49.9. The molecule has 3 heterocycles. The van der Waals surface area contributed by atoms with Gasteiger partial charge in [-0.15, -0.1) is 0 Å². The van der Waals surface area contributed by atoms with E-state index in [0.29, 0.717) is 23.4 Å². The van der Waals surface area contributed by atoms with Crippen LogP contribution in [0.4, 0.5) is 5.69 Å². The van der Waals surface area contributed by atoms with Crippen molar-refractivity contribution in [3.63, 3.8) is 0 Å². The maximum Gasteiger partial charge on any atom is 0.338 e. The maximum atomic E-state index is 12.7. The third-order valence-electron chi connectivity index (χ3n) is 6.11. The predicted octanol–water partition coefficient (Wildman–Crippen LogP) is 2.16. The highest BCUT2D eigenvalue weighted by Crippen LogP contribution is 2.29. The number of ether oxygens (including phenoxy) is 1. The molecule has 1 unspecified atom stereocenters. The molecular weight excluding hydrogens is 448 g/mol. The van der Waals surface area contributed by atoms with Gasteiger partial charge in [0.25, 0.3) is 0 Å². The monoisotopic (exact) mass is 472 g/mol. The molecule has 9 nitrogen and oxygen atoms in total. The molecule has 0 radical (unpaired) electrons. The van der Waals surface area contributed by atoms with Gasteiger partial charge in [-0.3, -0.25) is 19.3 Å². The Balaban J connectivity index is 1.41. The fourth-order valence-electron chi connectivity index (χ4n) is 4.50. The molecule has 0 spiro atoms. The summed E-state index contributed by atoms with van der Waals surface area (Å²) in [5.74, 6) is -1.47. The zero-order valence-electron chi connectivity index (χ0n) is 18.4.